The Labute approximate surface area is 298 Å². The highest BCUT2D eigenvalue weighted by Gasteiger charge is 2.45. The lowest BCUT2D eigenvalue weighted by molar-refractivity contribution is -0.137. The highest BCUT2D eigenvalue weighted by atomic mass is 35.5. The van der Waals surface area contributed by atoms with Crippen LogP contribution in [0, 0.1) is 0 Å². The minimum Gasteiger partial charge on any atom is -0.493 e. The van der Waals surface area contributed by atoms with E-state index in [1.165, 1.54) is 11.0 Å². The van der Waals surface area contributed by atoms with Crippen LogP contribution in [0.4, 0.5) is 18.0 Å². The number of aliphatic hydroxyl groups is 1. The van der Waals surface area contributed by atoms with Gasteiger partial charge >= 0.3 is 12.2 Å². The third-order valence-corrected chi connectivity index (χ3v) is 9.79. The maximum Gasteiger partial charge on any atom is 0.416 e. The van der Waals surface area contributed by atoms with Crippen LogP contribution in [0.15, 0.2) is 71.7 Å². The van der Waals surface area contributed by atoms with Crippen molar-refractivity contribution in [1.29, 1.82) is 0 Å². The molecule has 50 heavy (non-hydrogen) atoms. The Hall–Kier alpha value is -3.84. The van der Waals surface area contributed by atoms with E-state index in [-0.39, 0.29) is 49.3 Å². The van der Waals surface area contributed by atoms with Crippen molar-refractivity contribution < 1.29 is 32.6 Å². The number of aliphatic imine (C=N–C) groups is 1. The number of carbonyl (C=O) groups excluding carboxylic acids is 2. The number of aliphatic hydroxyl groups excluding tert-OH is 1. The number of benzene rings is 3. The second kappa shape index (κ2) is 15.2. The maximum atomic E-state index is 14.8. The highest BCUT2D eigenvalue weighted by molar-refractivity contribution is 6.30. The lowest BCUT2D eigenvalue weighted by atomic mass is 9.93. The first-order valence-electron chi connectivity index (χ1n) is 16.6. The van der Waals surface area contributed by atoms with E-state index in [0.29, 0.717) is 35.2 Å². The van der Waals surface area contributed by atoms with Gasteiger partial charge in [-0.25, -0.2) is 4.79 Å². The predicted octanol–water partition coefficient (Wildman–Crippen LogP) is 6.68. The normalized spacial score (nSPS) is 21.7. The van der Waals surface area contributed by atoms with E-state index in [2.05, 4.69) is 0 Å². The van der Waals surface area contributed by atoms with E-state index in [0.717, 1.165) is 37.1 Å². The third-order valence-electron chi connectivity index (χ3n) is 9.29. The van der Waals surface area contributed by atoms with Gasteiger partial charge in [-0.05, 0) is 79.9 Å². The van der Waals surface area contributed by atoms with Crippen LogP contribution in [-0.4, -0.2) is 101 Å². The van der Waals surface area contributed by atoms with Gasteiger partial charge in [0, 0.05) is 42.8 Å². The van der Waals surface area contributed by atoms with Crippen LogP contribution < -0.4 is 4.74 Å². The van der Waals surface area contributed by atoms with Crippen molar-refractivity contribution in [2.45, 2.75) is 44.1 Å². The van der Waals surface area contributed by atoms with Crippen molar-refractivity contribution in [3.8, 4) is 5.75 Å². The summed E-state index contributed by atoms with van der Waals surface area (Å²) in [6.07, 6.45) is -3.51. The van der Waals surface area contributed by atoms with Gasteiger partial charge in [-0.2, -0.15) is 13.2 Å². The van der Waals surface area contributed by atoms with Gasteiger partial charge in [0.1, 0.15) is 17.6 Å². The molecule has 2 saturated heterocycles. The van der Waals surface area contributed by atoms with Gasteiger partial charge in [0.25, 0.3) is 0 Å². The molecule has 3 heterocycles. The number of piperidine rings is 1. The number of alkyl halides is 3. The number of β-amino-alcohol motifs (C(OH)–C–C–N with tert-alkyl or cyclic N) is 1. The second-order valence-electron chi connectivity index (χ2n) is 12.6. The molecule has 2 fully saturated rings. The van der Waals surface area contributed by atoms with E-state index < -0.39 is 36.0 Å². The Morgan fingerprint density at radius 2 is 1.52 bits per heavy atom. The fourth-order valence-corrected chi connectivity index (χ4v) is 7.03. The Bertz CT molecular complexity index is 1720. The number of ether oxygens (including phenoxy) is 1. The van der Waals surface area contributed by atoms with Gasteiger partial charge in [0.15, 0.2) is 0 Å². The topological polar surface area (TPSA) is 88.9 Å². The summed E-state index contributed by atoms with van der Waals surface area (Å²) in [5.41, 5.74) is 0.805. The number of urea groups is 1. The molecule has 0 spiro atoms. The number of nitrogens with zero attached hydrogens (tertiary/aromatic N) is 5. The number of amidine groups is 1. The van der Waals surface area contributed by atoms with Crippen LogP contribution in [0.3, 0.4) is 0 Å². The summed E-state index contributed by atoms with van der Waals surface area (Å²) in [7, 11) is 0. The van der Waals surface area contributed by atoms with E-state index in [9.17, 15) is 27.9 Å². The maximum absolute atomic E-state index is 14.8. The zero-order valence-corrected chi connectivity index (χ0v) is 29.0. The van der Waals surface area contributed by atoms with Crippen LogP contribution in [0.5, 0.6) is 5.75 Å². The van der Waals surface area contributed by atoms with Gasteiger partial charge in [0.05, 0.1) is 36.4 Å². The summed E-state index contributed by atoms with van der Waals surface area (Å²) in [6.45, 7) is 4.23. The zero-order chi connectivity index (χ0) is 35.6. The van der Waals surface area contributed by atoms with E-state index in [4.69, 9.17) is 32.9 Å². The molecule has 9 nitrogen and oxygen atoms in total. The van der Waals surface area contributed by atoms with Gasteiger partial charge in [-0.1, -0.05) is 47.5 Å². The minimum atomic E-state index is -4.61. The molecule has 0 saturated carbocycles. The number of hydrogen-bond donors (Lipinski definition) is 1. The number of piperazine rings is 1. The number of carbonyl (C=O) groups is 2. The molecule has 3 aliphatic heterocycles. The molecule has 0 aliphatic carbocycles. The van der Waals surface area contributed by atoms with Crippen LogP contribution in [0.2, 0.25) is 10.0 Å². The number of halogens is 5. The molecule has 266 valence electrons. The molecule has 6 rings (SSSR count). The van der Waals surface area contributed by atoms with Crippen LogP contribution in [-0.2, 0) is 11.0 Å². The largest absolute Gasteiger partial charge is 0.493 e. The standard InChI is InChI=1S/C36H38Cl2F3N5O4/c1-2-50-30-20-25(36(39,40)41)9-14-29(30)34-42-32(23-5-10-26(37)11-6-23)33(24-7-12-27(38)13-8-24)46(34)35(49)45-18-16-44(17-19-45)31(48)22-43-15-3-4-28(47)21-43/h5-14,20,28,32-33,47H,2-4,15-19,21-22H2,1H3. The van der Waals surface area contributed by atoms with Crippen molar-refractivity contribution in [3.63, 3.8) is 0 Å². The number of likely N-dealkylation sites (tertiary alicyclic amines) is 1. The lowest BCUT2D eigenvalue weighted by Gasteiger charge is -2.40. The van der Waals surface area contributed by atoms with Crippen LogP contribution in [0.1, 0.15) is 54.1 Å². The Kier molecular flexibility index (Phi) is 10.9. The van der Waals surface area contributed by atoms with E-state index in [1.54, 1.807) is 53.1 Å². The molecule has 1 N–H and O–H groups in total. The Morgan fingerprint density at radius 3 is 2.12 bits per heavy atom. The molecule has 3 atom stereocenters. The average molecular weight is 733 g/mol. The lowest BCUT2D eigenvalue weighted by Crippen LogP contribution is -2.56. The average Bonchev–Trinajstić information content (AvgIpc) is 3.48. The zero-order valence-electron chi connectivity index (χ0n) is 27.5. The summed E-state index contributed by atoms with van der Waals surface area (Å²) in [4.78, 5) is 39.8. The molecular weight excluding hydrogens is 694 g/mol. The molecule has 3 aromatic rings. The number of rotatable bonds is 7. The van der Waals surface area contributed by atoms with Gasteiger partial charge in [-0.15, -0.1) is 0 Å². The molecule has 0 bridgehead atoms. The Balaban J connectivity index is 1.36. The fourth-order valence-electron chi connectivity index (χ4n) is 6.78. The van der Waals surface area contributed by atoms with E-state index >= 15 is 0 Å². The molecule has 0 radical (unpaired) electrons. The molecule has 3 aliphatic rings. The van der Waals surface area contributed by atoms with Crippen molar-refractivity contribution >= 4 is 41.0 Å². The summed E-state index contributed by atoms with van der Waals surface area (Å²) in [6, 6.07) is 15.5. The molecule has 14 heteroatoms. The quantitative estimate of drug-likeness (QED) is 0.293. The summed E-state index contributed by atoms with van der Waals surface area (Å²) in [5, 5.41) is 11.0. The fraction of sp³-hybridized carbons (Fsp3) is 0.417. The van der Waals surface area contributed by atoms with Crippen molar-refractivity contribution in [1.82, 2.24) is 19.6 Å². The number of hydrogen-bond acceptors (Lipinski definition) is 6. The van der Waals surface area contributed by atoms with Crippen molar-refractivity contribution in [3.05, 3.63) is 99.0 Å². The SMILES string of the molecule is CCOc1cc(C(F)(F)F)ccc1C1=NC(c2ccc(Cl)cc2)C(c2ccc(Cl)cc2)N1C(=O)N1CCN(C(=O)CN2CCCC(O)C2)CC1. The predicted molar refractivity (Wildman–Crippen MR) is 185 cm³/mol. The molecular formula is C36H38Cl2F3N5O4. The van der Waals surface area contributed by atoms with Crippen molar-refractivity contribution in [2.75, 3.05) is 52.4 Å². The summed E-state index contributed by atoms with van der Waals surface area (Å²) in [5.74, 6) is 0.0422. The first kappa shape index (κ1) is 36.0. The van der Waals surface area contributed by atoms with Gasteiger partial charge in [0.2, 0.25) is 5.91 Å². The molecule has 3 unspecified atom stereocenters. The van der Waals surface area contributed by atoms with Gasteiger partial charge in [-0.3, -0.25) is 19.6 Å². The third kappa shape index (κ3) is 7.88. The van der Waals surface area contributed by atoms with E-state index in [1.807, 2.05) is 17.0 Å². The first-order valence-corrected chi connectivity index (χ1v) is 17.4. The number of amides is 3. The molecule has 3 amide bonds. The monoisotopic (exact) mass is 731 g/mol. The second-order valence-corrected chi connectivity index (χ2v) is 13.5. The molecule has 3 aromatic carbocycles. The minimum absolute atomic E-state index is 0.0521. The van der Waals surface area contributed by atoms with Gasteiger partial charge < -0.3 is 19.6 Å². The highest BCUT2D eigenvalue weighted by Crippen LogP contribution is 2.46. The van der Waals surface area contributed by atoms with Crippen LogP contribution >= 0.6 is 23.2 Å². The molecule has 0 aromatic heterocycles. The summed E-state index contributed by atoms with van der Waals surface area (Å²) >= 11 is 12.5. The van der Waals surface area contributed by atoms with Crippen molar-refractivity contribution in [2.24, 2.45) is 4.99 Å². The first-order chi connectivity index (χ1) is 23.9. The Morgan fingerprint density at radius 1 is 0.900 bits per heavy atom. The van der Waals surface area contributed by atoms with Crippen LogP contribution in [0.25, 0.3) is 0 Å². The summed E-state index contributed by atoms with van der Waals surface area (Å²) < 4.78 is 47.2. The smallest absolute Gasteiger partial charge is 0.416 e.